The smallest absolute Gasteiger partial charge is 0.327 e. The van der Waals surface area contributed by atoms with E-state index in [1.807, 2.05) is 24.3 Å². The molecule has 1 atom stereocenters. The van der Waals surface area contributed by atoms with Gasteiger partial charge in [0.25, 0.3) is 5.56 Å². The number of anilines is 1. The first kappa shape index (κ1) is 20.6. The van der Waals surface area contributed by atoms with Crippen LogP contribution in [0.15, 0.2) is 29.1 Å². The van der Waals surface area contributed by atoms with Crippen LogP contribution in [0.2, 0.25) is 0 Å². The highest BCUT2D eigenvalue weighted by Gasteiger charge is 2.34. The molecule has 0 saturated carbocycles. The van der Waals surface area contributed by atoms with Gasteiger partial charge in [-0.25, -0.2) is 4.68 Å². The first-order valence-corrected chi connectivity index (χ1v) is 10.0. The van der Waals surface area contributed by atoms with Gasteiger partial charge in [0.05, 0.1) is 24.9 Å². The number of fused-ring (bicyclic) bond motifs is 2. The summed E-state index contributed by atoms with van der Waals surface area (Å²) < 4.78 is 13.3. The third kappa shape index (κ3) is 3.56. The molecular formula is C22H24N4O5. The van der Waals surface area contributed by atoms with Crippen molar-refractivity contribution in [2.75, 3.05) is 19.0 Å². The lowest BCUT2D eigenvalue weighted by Crippen LogP contribution is -2.30. The molecule has 1 aliphatic rings. The van der Waals surface area contributed by atoms with Crippen LogP contribution in [0.5, 0.6) is 5.75 Å². The van der Waals surface area contributed by atoms with Crippen LogP contribution in [-0.4, -0.2) is 39.9 Å². The minimum atomic E-state index is -0.468. The fraction of sp³-hybridized carbons (Fsp3) is 0.364. The predicted octanol–water partition coefficient (Wildman–Crippen LogP) is 2.09. The number of methoxy groups -OCH3 is 1. The number of amides is 1. The predicted molar refractivity (Wildman–Crippen MR) is 114 cm³/mol. The lowest BCUT2D eigenvalue weighted by molar-refractivity contribution is -0.144. The van der Waals surface area contributed by atoms with Crippen LogP contribution in [-0.2, 0) is 27.9 Å². The van der Waals surface area contributed by atoms with Crippen LogP contribution in [0.25, 0.3) is 10.9 Å². The van der Waals surface area contributed by atoms with Crippen molar-refractivity contribution in [1.29, 1.82) is 0 Å². The number of aryl methyl sites for hydroxylation is 2. The number of benzene rings is 1. The van der Waals surface area contributed by atoms with E-state index in [2.05, 4.69) is 10.4 Å². The highest BCUT2D eigenvalue weighted by molar-refractivity contribution is 5.95. The van der Waals surface area contributed by atoms with E-state index in [-0.39, 0.29) is 31.0 Å². The topological polar surface area (TPSA) is 104 Å². The van der Waals surface area contributed by atoms with Crippen molar-refractivity contribution in [3.8, 4) is 5.75 Å². The van der Waals surface area contributed by atoms with E-state index in [9.17, 15) is 14.4 Å². The van der Waals surface area contributed by atoms with E-state index in [0.29, 0.717) is 22.8 Å². The number of nitrogens with one attached hydrogen (secondary N) is 1. The van der Waals surface area contributed by atoms with Gasteiger partial charge in [-0.3, -0.25) is 14.4 Å². The van der Waals surface area contributed by atoms with Gasteiger partial charge in [-0.2, -0.15) is 5.10 Å². The largest absolute Gasteiger partial charge is 0.497 e. The number of hydrogen-bond donors (Lipinski definition) is 1. The molecule has 1 aliphatic heterocycles. The van der Waals surface area contributed by atoms with Gasteiger partial charge in [-0.15, -0.1) is 0 Å². The summed E-state index contributed by atoms with van der Waals surface area (Å²) in [6, 6.07) is 7.35. The lowest BCUT2D eigenvalue weighted by atomic mass is 9.86. The summed E-state index contributed by atoms with van der Waals surface area (Å²) in [5, 5.41) is 8.11. The number of aromatic nitrogens is 3. The van der Waals surface area contributed by atoms with Crippen molar-refractivity contribution < 1.29 is 19.1 Å². The van der Waals surface area contributed by atoms with Crippen molar-refractivity contribution in [3.63, 3.8) is 0 Å². The van der Waals surface area contributed by atoms with Crippen LogP contribution in [0.3, 0.4) is 0 Å². The lowest BCUT2D eigenvalue weighted by Gasteiger charge is -2.24. The fourth-order valence-corrected chi connectivity index (χ4v) is 4.17. The van der Waals surface area contributed by atoms with Crippen molar-refractivity contribution in [2.24, 2.45) is 7.05 Å². The third-order valence-electron chi connectivity index (χ3n) is 5.59. The minimum Gasteiger partial charge on any atom is -0.497 e. The van der Waals surface area contributed by atoms with E-state index in [4.69, 9.17) is 9.47 Å². The quantitative estimate of drug-likeness (QED) is 0.629. The summed E-state index contributed by atoms with van der Waals surface area (Å²) in [5.41, 5.74) is 2.46. The van der Waals surface area contributed by atoms with Gasteiger partial charge in [0.15, 0.2) is 0 Å². The summed E-state index contributed by atoms with van der Waals surface area (Å²) in [6.07, 6.45) is 0.121. The molecular weight excluding hydrogens is 400 g/mol. The minimum absolute atomic E-state index is 0.119. The van der Waals surface area contributed by atoms with Gasteiger partial charge in [-0.1, -0.05) is 0 Å². The Kier molecular flexibility index (Phi) is 5.26. The van der Waals surface area contributed by atoms with E-state index in [0.717, 1.165) is 16.5 Å². The van der Waals surface area contributed by atoms with Crippen molar-refractivity contribution in [1.82, 2.24) is 14.3 Å². The Morgan fingerprint density at radius 1 is 1.29 bits per heavy atom. The maximum atomic E-state index is 13.3. The van der Waals surface area contributed by atoms with Crippen molar-refractivity contribution >= 4 is 28.6 Å². The van der Waals surface area contributed by atoms with E-state index in [1.54, 1.807) is 32.6 Å². The number of pyridine rings is 1. The molecule has 0 saturated heterocycles. The highest BCUT2D eigenvalue weighted by Crippen LogP contribution is 2.39. The molecule has 9 nitrogen and oxygen atoms in total. The molecule has 0 radical (unpaired) electrons. The molecule has 3 aromatic rings. The Labute approximate surface area is 178 Å². The zero-order valence-electron chi connectivity index (χ0n) is 17.9. The summed E-state index contributed by atoms with van der Waals surface area (Å²) in [7, 11) is 3.28. The van der Waals surface area contributed by atoms with Gasteiger partial charge < -0.3 is 19.4 Å². The number of ether oxygens (including phenoxy) is 2. The molecule has 0 fully saturated rings. The van der Waals surface area contributed by atoms with Crippen LogP contribution in [0.4, 0.5) is 5.82 Å². The zero-order chi connectivity index (χ0) is 22.3. The summed E-state index contributed by atoms with van der Waals surface area (Å²) in [4.78, 5) is 37.8. The molecule has 9 heteroatoms. The average molecular weight is 424 g/mol. The number of rotatable bonds is 5. The van der Waals surface area contributed by atoms with Gasteiger partial charge in [0, 0.05) is 36.6 Å². The number of hydrogen-bond acceptors (Lipinski definition) is 6. The van der Waals surface area contributed by atoms with E-state index < -0.39 is 11.9 Å². The number of esters is 1. The Balaban J connectivity index is 1.85. The van der Waals surface area contributed by atoms with Crippen LogP contribution >= 0.6 is 0 Å². The zero-order valence-corrected chi connectivity index (χ0v) is 17.9. The Morgan fingerprint density at radius 3 is 2.77 bits per heavy atom. The molecule has 162 valence electrons. The van der Waals surface area contributed by atoms with Gasteiger partial charge in [0.2, 0.25) is 5.91 Å². The maximum absolute atomic E-state index is 13.3. The molecule has 0 aliphatic carbocycles. The second kappa shape index (κ2) is 7.90. The Bertz CT molecular complexity index is 1260. The van der Waals surface area contributed by atoms with E-state index in [1.165, 1.54) is 4.68 Å². The second-order valence-electron chi connectivity index (χ2n) is 7.50. The molecule has 0 spiro atoms. The van der Waals surface area contributed by atoms with Crippen LogP contribution in [0.1, 0.15) is 36.1 Å². The maximum Gasteiger partial charge on any atom is 0.327 e. The molecule has 1 N–H and O–H groups in total. The molecule has 2 aromatic heterocycles. The van der Waals surface area contributed by atoms with Gasteiger partial charge in [0.1, 0.15) is 18.1 Å². The number of nitrogens with zero attached hydrogens (tertiary/aromatic N) is 3. The monoisotopic (exact) mass is 424 g/mol. The molecule has 31 heavy (non-hydrogen) atoms. The average Bonchev–Trinajstić information content (AvgIpc) is 3.04. The highest BCUT2D eigenvalue weighted by atomic mass is 16.5. The SMILES string of the molecule is CCOC(=O)Cn1nc(C)c2c1NC(=O)C[C@@H]2c1cc2ccc(OC)cc2n(C)c1=O. The van der Waals surface area contributed by atoms with E-state index >= 15 is 0 Å². The number of carbonyl (C=O) groups is 2. The first-order chi connectivity index (χ1) is 14.8. The fourth-order valence-electron chi connectivity index (χ4n) is 4.17. The molecule has 0 unspecified atom stereocenters. The molecule has 1 amide bonds. The Morgan fingerprint density at radius 2 is 2.06 bits per heavy atom. The normalized spacial score (nSPS) is 15.5. The molecule has 0 bridgehead atoms. The summed E-state index contributed by atoms with van der Waals surface area (Å²) >= 11 is 0. The molecule has 4 rings (SSSR count). The summed E-state index contributed by atoms with van der Waals surface area (Å²) in [5.74, 6) is -0.0571. The number of carbonyl (C=O) groups excluding carboxylic acids is 2. The first-order valence-electron chi connectivity index (χ1n) is 10.0. The van der Waals surface area contributed by atoms with Gasteiger partial charge in [-0.05, 0) is 37.4 Å². The summed E-state index contributed by atoms with van der Waals surface area (Å²) in [6.45, 7) is 3.67. The standard InChI is InChI=1S/C22H24N4O5/c1-5-31-19(28)11-26-21-20(12(2)24-26)15(10-18(27)23-21)16-8-13-6-7-14(30-4)9-17(13)25(3)22(16)29/h6-9,15H,5,10-11H2,1-4H3,(H,23,27)/t15-/m1/s1. The Hall–Kier alpha value is -3.62. The van der Waals surface area contributed by atoms with Crippen molar-refractivity contribution in [2.45, 2.75) is 32.7 Å². The van der Waals surface area contributed by atoms with Gasteiger partial charge >= 0.3 is 5.97 Å². The van der Waals surface area contributed by atoms with Crippen LogP contribution < -0.4 is 15.6 Å². The van der Waals surface area contributed by atoms with Crippen molar-refractivity contribution in [3.05, 3.63) is 51.4 Å². The van der Waals surface area contributed by atoms with Crippen LogP contribution in [0, 0.1) is 6.92 Å². The second-order valence-corrected chi connectivity index (χ2v) is 7.50. The molecule has 3 heterocycles. The molecule has 1 aromatic carbocycles. The third-order valence-corrected chi connectivity index (χ3v) is 5.59.